The van der Waals surface area contributed by atoms with E-state index in [4.69, 9.17) is 0 Å². The number of halogens is 1. The summed E-state index contributed by atoms with van der Waals surface area (Å²) in [4.78, 5) is 17.5. The second kappa shape index (κ2) is 8.81. The molecule has 0 saturated heterocycles. The predicted octanol–water partition coefficient (Wildman–Crippen LogP) is 5.30. The van der Waals surface area contributed by atoms with Gasteiger partial charge in [-0.3, -0.25) is 14.1 Å². The second-order valence-electron chi connectivity index (χ2n) is 7.98. The van der Waals surface area contributed by atoms with E-state index in [0.29, 0.717) is 22.4 Å². The molecule has 0 aliphatic carbocycles. The maximum absolute atomic E-state index is 14.6. The van der Waals surface area contributed by atoms with Gasteiger partial charge in [0.2, 0.25) is 0 Å². The van der Waals surface area contributed by atoms with E-state index in [9.17, 15) is 17.6 Å². The fourth-order valence-corrected chi connectivity index (χ4v) is 5.00. The minimum absolute atomic E-state index is 0.0114. The zero-order valence-electron chi connectivity index (χ0n) is 18.6. The molecule has 0 fully saturated rings. The van der Waals surface area contributed by atoms with Gasteiger partial charge in [0, 0.05) is 0 Å². The Labute approximate surface area is 201 Å². The standard InChI is InChI=1S/C27H20FN3O3S/c1-18-29-25-10-6-5-9-23(25)27(32)31(18)21-13-16-24(28)26(17-21)30-35(33,34)22-14-11-20(12-15-22)19-7-3-2-4-8-19/h2-17,30H,1H3. The van der Waals surface area contributed by atoms with Crippen LogP contribution >= 0.6 is 0 Å². The van der Waals surface area contributed by atoms with E-state index < -0.39 is 15.8 Å². The van der Waals surface area contributed by atoms with Crippen LogP contribution in [0.5, 0.6) is 0 Å². The molecule has 0 amide bonds. The average Bonchev–Trinajstić information content (AvgIpc) is 2.86. The van der Waals surface area contributed by atoms with Crippen LogP contribution in [0, 0.1) is 12.7 Å². The van der Waals surface area contributed by atoms with Gasteiger partial charge >= 0.3 is 0 Å². The molecule has 0 aliphatic rings. The number of anilines is 1. The summed E-state index contributed by atoms with van der Waals surface area (Å²) in [5.74, 6) is -0.372. The van der Waals surface area contributed by atoms with Crippen molar-refractivity contribution in [2.24, 2.45) is 0 Å². The fraction of sp³-hybridized carbons (Fsp3) is 0.0370. The lowest BCUT2D eigenvalue weighted by Crippen LogP contribution is -2.22. The van der Waals surface area contributed by atoms with Crippen molar-refractivity contribution in [2.45, 2.75) is 11.8 Å². The Morgan fingerprint density at radius 1 is 0.829 bits per heavy atom. The van der Waals surface area contributed by atoms with Gasteiger partial charge in [0.25, 0.3) is 15.6 Å². The smallest absolute Gasteiger partial charge is 0.265 e. The molecule has 4 aromatic carbocycles. The van der Waals surface area contributed by atoms with Gasteiger partial charge in [0.1, 0.15) is 11.6 Å². The summed E-state index contributed by atoms with van der Waals surface area (Å²) >= 11 is 0. The van der Waals surface area contributed by atoms with Gasteiger partial charge in [-0.05, 0) is 60.5 Å². The number of nitrogens with zero attached hydrogens (tertiary/aromatic N) is 2. The molecule has 174 valence electrons. The lowest BCUT2D eigenvalue weighted by atomic mass is 10.1. The van der Waals surface area contributed by atoms with Gasteiger partial charge in [0.15, 0.2) is 0 Å². The van der Waals surface area contributed by atoms with E-state index in [-0.39, 0.29) is 16.1 Å². The van der Waals surface area contributed by atoms with Crippen molar-refractivity contribution in [1.82, 2.24) is 9.55 Å². The number of hydrogen-bond donors (Lipinski definition) is 1. The van der Waals surface area contributed by atoms with Crippen LogP contribution in [0.3, 0.4) is 0 Å². The van der Waals surface area contributed by atoms with Crippen LogP contribution in [0.15, 0.2) is 107 Å². The Morgan fingerprint density at radius 2 is 1.49 bits per heavy atom. The van der Waals surface area contributed by atoms with Gasteiger partial charge in [-0.2, -0.15) is 0 Å². The van der Waals surface area contributed by atoms with Crippen LogP contribution in [0.4, 0.5) is 10.1 Å². The van der Waals surface area contributed by atoms with E-state index >= 15 is 0 Å². The number of para-hydroxylation sites is 1. The Balaban J connectivity index is 1.50. The Hall–Kier alpha value is -4.30. The second-order valence-corrected chi connectivity index (χ2v) is 9.66. The molecule has 0 bridgehead atoms. The third-order valence-corrected chi connectivity index (χ3v) is 7.05. The molecule has 6 nitrogen and oxygen atoms in total. The molecule has 0 radical (unpaired) electrons. The quantitative estimate of drug-likeness (QED) is 0.366. The molecule has 1 aromatic heterocycles. The van der Waals surface area contributed by atoms with Gasteiger partial charge in [-0.25, -0.2) is 17.8 Å². The van der Waals surface area contributed by atoms with Crippen LogP contribution in [-0.4, -0.2) is 18.0 Å². The van der Waals surface area contributed by atoms with Crippen molar-refractivity contribution in [2.75, 3.05) is 4.72 Å². The van der Waals surface area contributed by atoms with Gasteiger partial charge < -0.3 is 0 Å². The lowest BCUT2D eigenvalue weighted by Gasteiger charge is -2.14. The normalized spacial score (nSPS) is 11.5. The highest BCUT2D eigenvalue weighted by Gasteiger charge is 2.18. The molecule has 5 aromatic rings. The van der Waals surface area contributed by atoms with Crippen molar-refractivity contribution in [1.29, 1.82) is 0 Å². The Bertz CT molecular complexity index is 1720. The van der Waals surface area contributed by atoms with Gasteiger partial charge in [0.05, 0.1) is 27.2 Å². The summed E-state index contributed by atoms with van der Waals surface area (Å²) in [7, 11) is -4.08. The number of nitrogens with one attached hydrogen (secondary N) is 1. The number of sulfonamides is 1. The molecular formula is C27H20FN3O3S. The minimum atomic E-state index is -4.08. The fourth-order valence-electron chi connectivity index (χ4n) is 3.94. The molecule has 1 N–H and O–H groups in total. The summed E-state index contributed by atoms with van der Waals surface area (Å²) in [6.07, 6.45) is 0. The predicted molar refractivity (Wildman–Crippen MR) is 135 cm³/mol. The van der Waals surface area contributed by atoms with Crippen LogP contribution < -0.4 is 10.3 Å². The number of rotatable bonds is 5. The van der Waals surface area contributed by atoms with Gasteiger partial charge in [-0.15, -0.1) is 0 Å². The molecule has 8 heteroatoms. The Kier molecular flexibility index (Phi) is 5.66. The molecular weight excluding hydrogens is 465 g/mol. The highest BCUT2D eigenvalue weighted by Crippen LogP contribution is 2.25. The number of benzene rings is 4. The topological polar surface area (TPSA) is 81.1 Å². The molecule has 0 atom stereocenters. The highest BCUT2D eigenvalue weighted by atomic mass is 32.2. The van der Waals surface area contributed by atoms with E-state index in [0.717, 1.165) is 17.2 Å². The minimum Gasteiger partial charge on any atom is -0.277 e. The third kappa shape index (κ3) is 4.31. The maximum atomic E-state index is 14.6. The summed E-state index contributed by atoms with van der Waals surface area (Å²) in [6.45, 7) is 1.66. The number of hydrogen-bond acceptors (Lipinski definition) is 4. The summed E-state index contributed by atoms with van der Waals surface area (Å²) in [5, 5.41) is 0.406. The van der Waals surface area contributed by atoms with Crippen LogP contribution in [0.25, 0.3) is 27.7 Å². The zero-order valence-corrected chi connectivity index (χ0v) is 19.5. The van der Waals surface area contributed by atoms with E-state index in [1.807, 2.05) is 30.3 Å². The SMILES string of the molecule is Cc1nc2ccccc2c(=O)n1-c1ccc(F)c(NS(=O)(=O)c2ccc(-c3ccccc3)cc2)c1. The first-order chi connectivity index (χ1) is 16.8. The van der Waals surface area contributed by atoms with Crippen LogP contribution in [0.1, 0.15) is 5.82 Å². The summed E-state index contributed by atoms with van der Waals surface area (Å²) < 4.78 is 44.3. The van der Waals surface area contributed by atoms with Crippen molar-refractivity contribution in [3.63, 3.8) is 0 Å². The third-order valence-electron chi connectivity index (χ3n) is 5.67. The molecule has 0 unspecified atom stereocenters. The number of fused-ring (bicyclic) bond motifs is 1. The van der Waals surface area contributed by atoms with Crippen molar-refractivity contribution >= 4 is 26.6 Å². The van der Waals surface area contributed by atoms with Crippen molar-refractivity contribution in [3.8, 4) is 16.8 Å². The Morgan fingerprint density at radius 3 is 2.23 bits per heavy atom. The molecule has 5 rings (SSSR count). The number of aryl methyl sites for hydroxylation is 1. The summed E-state index contributed by atoms with van der Waals surface area (Å²) in [6, 6.07) is 26.6. The zero-order chi connectivity index (χ0) is 24.6. The highest BCUT2D eigenvalue weighted by molar-refractivity contribution is 7.92. The lowest BCUT2D eigenvalue weighted by molar-refractivity contribution is 0.598. The average molecular weight is 486 g/mol. The van der Waals surface area contributed by atoms with E-state index in [1.54, 1.807) is 43.3 Å². The van der Waals surface area contributed by atoms with Crippen molar-refractivity contribution in [3.05, 3.63) is 119 Å². The maximum Gasteiger partial charge on any atom is 0.265 e. The van der Waals surface area contributed by atoms with Crippen LogP contribution in [-0.2, 0) is 10.0 Å². The van der Waals surface area contributed by atoms with E-state index in [2.05, 4.69) is 9.71 Å². The first-order valence-corrected chi connectivity index (χ1v) is 12.3. The summed E-state index contributed by atoms with van der Waals surface area (Å²) in [5.41, 5.74) is 2.06. The monoisotopic (exact) mass is 485 g/mol. The first kappa shape index (κ1) is 22.5. The van der Waals surface area contributed by atoms with Crippen molar-refractivity contribution < 1.29 is 12.8 Å². The number of aromatic nitrogens is 2. The molecule has 35 heavy (non-hydrogen) atoms. The molecule has 0 spiro atoms. The van der Waals surface area contributed by atoms with Crippen LogP contribution in [0.2, 0.25) is 0 Å². The van der Waals surface area contributed by atoms with Gasteiger partial charge in [-0.1, -0.05) is 54.6 Å². The van der Waals surface area contributed by atoms with E-state index in [1.165, 1.54) is 28.8 Å². The molecule has 1 heterocycles. The largest absolute Gasteiger partial charge is 0.277 e. The molecule has 0 saturated carbocycles. The molecule has 0 aliphatic heterocycles. The first-order valence-electron chi connectivity index (χ1n) is 10.8.